The summed E-state index contributed by atoms with van der Waals surface area (Å²) in [6.07, 6.45) is 0.795. The van der Waals surface area contributed by atoms with Gasteiger partial charge in [0.15, 0.2) is 0 Å². The van der Waals surface area contributed by atoms with Crippen molar-refractivity contribution in [1.82, 2.24) is 0 Å². The Hall–Kier alpha value is -2.36. The van der Waals surface area contributed by atoms with Gasteiger partial charge >= 0.3 is 0 Å². The van der Waals surface area contributed by atoms with Crippen LogP contribution in [0, 0.1) is 12.7 Å². The Kier molecular flexibility index (Phi) is 4.58. The molecule has 110 valence electrons. The summed E-state index contributed by atoms with van der Waals surface area (Å²) in [4.78, 5) is 11.8. The van der Waals surface area contributed by atoms with Gasteiger partial charge in [0.1, 0.15) is 11.9 Å². The number of aryl methyl sites for hydroxylation is 2. The highest BCUT2D eigenvalue weighted by Crippen LogP contribution is 2.24. The van der Waals surface area contributed by atoms with Crippen molar-refractivity contribution in [3.63, 3.8) is 0 Å². The summed E-state index contributed by atoms with van der Waals surface area (Å²) in [5, 5.41) is 3.04. The predicted octanol–water partition coefficient (Wildman–Crippen LogP) is 3.34. The quantitative estimate of drug-likeness (QED) is 0.885. The van der Waals surface area contributed by atoms with E-state index < -0.39 is 11.9 Å². The topological polar surface area (TPSA) is 55.1 Å². The molecule has 1 unspecified atom stereocenters. The number of carbonyl (C=O) groups is 1. The first kappa shape index (κ1) is 15.0. The molecule has 0 aliphatic heterocycles. The number of anilines is 1. The minimum atomic E-state index is -0.678. The van der Waals surface area contributed by atoms with Crippen molar-refractivity contribution >= 4 is 11.6 Å². The second-order valence-corrected chi connectivity index (χ2v) is 5.05. The number of primary amides is 1. The zero-order valence-electron chi connectivity index (χ0n) is 12.2. The number of halogens is 1. The standard InChI is InChI=1S/C17H19FN2O/c1-3-12-6-4-5-7-15(12)16(17(19)21)20-14-9-11(2)8-13(18)10-14/h4-10,16,20H,3H2,1-2H3,(H2,19,21). The van der Waals surface area contributed by atoms with Crippen LogP contribution >= 0.6 is 0 Å². The van der Waals surface area contributed by atoms with Gasteiger partial charge in [0.05, 0.1) is 0 Å². The van der Waals surface area contributed by atoms with E-state index in [1.165, 1.54) is 12.1 Å². The molecule has 2 aromatic carbocycles. The van der Waals surface area contributed by atoms with E-state index in [9.17, 15) is 9.18 Å². The van der Waals surface area contributed by atoms with Crippen LogP contribution < -0.4 is 11.1 Å². The van der Waals surface area contributed by atoms with Crippen LogP contribution in [0.25, 0.3) is 0 Å². The molecular formula is C17H19FN2O. The van der Waals surface area contributed by atoms with E-state index in [2.05, 4.69) is 5.32 Å². The van der Waals surface area contributed by atoms with E-state index in [0.717, 1.165) is 23.1 Å². The SMILES string of the molecule is CCc1ccccc1C(Nc1cc(C)cc(F)c1)C(N)=O. The van der Waals surface area contributed by atoms with Gasteiger partial charge in [-0.15, -0.1) is 0 Å². The fourth-order valence-electron chi connectivity index (χ4n) is 2.43. The van der Waals surface area contributed by atoms with Gasteiger partial charge in [-0.2, -0.15) is 0 Å². The van der Waals surface area contributed by atoms with Crippen LogP contribution in [0.2, 0.25) is 0 Å². The Morgan fingerprint density at radius 1 is 1.29 bits per heavy atom. The third-order valence-electron chi connectivity index (χ3n) is 3.38. The van der Waals surface area contributed by atoms with Crippen LogP contribution in [0.3, 0.4) is 0 Å². The number of carbonyl (C=O) groups excluding carboxylic acids is 1. The van der Waals surface area contributed by atoms with Gasteiger partial charge in [-0.05, 0) is 48.2 Å². The summed E-state index contributed by atoms with van der Waals surface area (Å²) < 4.78 is 13.5. The maximum atomic E-state index is 13.5. The molecule has 0 aliphatic rings. The molecule has 0 heterocycles. The minimum absolute atomic E-state index is 0.343. The summed E-state index contributed by atoms with van der Waals surface area (Å²) in [6, 6.07) is 11.5. The van der Waals surface area contributed by atoms with E-state index >= 15 is 0 Å². The Balaban J connectivity index is 2.38. The molecule has 0 bridgehead atoms. The van der Waals surface area contributed by atoms with Crippen molar-refractivity contribution in [2.24, 2.45) is 5.73 Å². The van der Waals surface area contributed by atoms with Crippen molar-refractivity contribution in [2.75, 3.05) is 5.32 Å². The van der Waals surface area contributed by atoms with Crippen LogP contribution in [0.4, 0.5) is 10.1 Å². The van der Waals surface area contributed by atoms with Crippen LogP contribution in [0.5, 0.6) is 0 Å². The minimum Gasteiger partial charge on any atom is -0.370 e. The van der Waals surface area contributed by atoms with E-state index in [4.69, 9.17) is 5.73 Å². The number of nitrogens with two attached hydrogens (primary N) is 1. The van der Waals surface area contributed by atoms with Crippen LogP contribution in [-0.2, 0) is 11.2 Å². The highest BCUT2D eigenvalue weighted by atomic mass is 19.1. The largest absolute Gasteiger partial charge is 0.370 e. The smallest absolute Gasteiger partial charge is 0.244 e. The van der Waals surface area contributed by atoms with Crippen molar-refractivity contribution in [3.8, 4) is 0 Å². The Bertz CT molecular complexity index is 635. The summed E-state index contributed by atoms with van der Waals surface area (Å²) in [6.45, 7) is 3.82. The van der Waals surface area contributed by atoms with Gasteiger partial charge in [-0.25, -0.2) is 4.39 Å². The lowest BCUT2D eigenvalue weighted by Crippen LogP contribution is -2.28. The van der Waals surface area contributed by atoms with Gasteiger partial charge in [-0.3, -0.25) is 4.79 Å². The molecule has 0 saturated carbocycles. The van der Waals surface area contributed by atoms with Gasteiger partial charge in [0.2, 0.25) is 5.91 Å². The fraction of sp³-hybridized carbons (Fsp3) is 0.235. The Morgan fingerprint density at radius 2 is 2.00 bits per heavy atom. The molecule has 0 aromatic heterocycles. The number of hydrogen-bond acceptors (Lipinski definition) is 2. The van der Waals surface area contributed by atoms with Crippen molar-refractivity contribution in [1.29, 1.82) is 0 Å². The van der Waals surface area contributed by atoms with Crippen molar-refractivity contribution in [3.05, 3.63) is 65.0 Å². The number of rotatable bonds is 5. The highest BCUT2D eigenvalue weighted by Gasteiger charge is 2.20. The molecule has 0 radical (unpaired) electrons. The zero-order valence-corrected chi connectivity index (χ0v) is 12.2. The summed E-state index contributed by atoms with van der Waals surface area (Å²) in [7, 11) is 0. The summed E-state index contributed by atoms with van der Waals surface area (Å²) >= 11 is 0. The molecule has 1 atom stereocenters. The van der Waals surface area contributed by atoms with Gasteiger partial charge in [0.25, 0.3) is 0 Å². The van der Waals surface area contributed by atoms with Crippen LogP contribution in [0.1, 0.15) is 29.7 Å². The average Bonchev–Trinajstić information content (AvgIpc) is 2.43. The lowest BCUT2D eigenvalue weighted by atomic mass is 9.97. The lowest BCUT2D eigenvalue weighted by Gasteiger charge is -2.20. The molecule has 4 heteroatoms. The third-order valence-corrected chi connectivity index (χ3v) is 3.38. The Morgan fingerprint density at radius 3 is 2.62 bits per heavy atom. The van der Waals surface area contributed by atoms with E-state index in [1.807, 2.05) is 31.2 Å². The fourth-order valence-corrected chi connectivity index (χ4v) is 2.43. The Labute approximate surface area is 124 Å². The molecule has 21 heavy (non-hydrogen) atoms. The molecule has 2 aromatic rings. The first-order valence-corrected chi connectivity index (χ1v) is 6.92. The van der Waals surface area contributed by atoms with E-state index in [1.54, 1.807) is 13.0 Å². The average molecular weight is 286 g/mol. The molecule has 0 saturated heterocycles. The zero-order chi connectivity index (χ0) is 15.4. The second kappa shape index (κ2) is 6.39. The van der Waals surface area contributed by atoms with Gasteiger partial charge < -0.3 is 11.1 Å². The molecule has 1 amide bonds. The molecule has 3 N–H and O–H groups in total. The molecule has 3 nitrogen and oxygen atoms in total. The number of benzene rings is 2. The molecule has 0 aliphatic carbocycles. The normalized spacial score (nSPS) is 12.0. The third kappa shape index (κ3) is 3.60. The summed E-state index contributed by atoms with van der Waals surface area (Å²) in [5.74, 6) is -0.831. The van der Waals surface area contributed by atoms with Crippen molar-refractivity contribution < 1.29 is 9.18 Å². The van der Waals surface area contributed by atoms with Crippen LogP contribution in [-0.4, -0.2) is 5.91 Å². The maximum absolute atomic E-state index is 13.5. The van der Waals surface area contributed by atoms with Gasteiger partial charge in [0, 0.05) is 5.69 Å². The summed E-state index contributed by atoms with van der Waals surface area (Å²) in [5.41, 5.74) is 8.72. The number of amides is 1. The lowest BCUT2D eigenvalue weighted by molar-refractivity contribution is -0.118. The van der Waals surface area contributed by atoms with Crippen LogP contribution in [0.15, 0.2) is 42.5 Å². The maximum Gasteiger partial charge on any atom is 0.244 e. The first-order valence-electron chi connectivity index (χ1n) is 6.92. The van der Waals surface area contributed by atoms with Gasteiger partial charge in [-0.1, -0.05) is 31.2 Å². The molecular weight excluding hydrogens is 267 g/mol. The number of nitrogens with one attached hydrogen (secondary N) is 1. The van der Waals surface area contributed by atoms with Crippen molar-refractivity contribution in [2.45, 2.75) is 26.3 Å². The molecule has 0 fully saturated rings. The van der Waals surface area contributed by atoms with E-state index in [0.29, 0.717) is 5.69 Å². The number of hydrogen-bond donors (Lipinski definition) is 2. The molecule has 0 spiro atoms. The first-order chi connectivity index (χ1) is 10.0. The monoisotopic (exact) mass is 286 g/mol. The predicted molar refractivity (Wildman–Crippen MR) is 82.5 cm³/mol. The highest BCUT2D eigenvalue weighted by molar-refractivity contribution is 5.85. The molecule has 2 rings (SSSR count). The van der Waals surface area contributed by atoms with E-state index in [-0.39, 0.29) is 5.82 Å². The second-order valence-electron chi connectivity index (χ2n) is 5.05.